The number of hydrogen-bond donors (Lipinski definition) is 3. The number of rotatable bonds is 11. The fraction of sp³-hybridized carbons (Fsp3) is 0.423. The van der Waals surface area contributed by atoms with E-state index in [1.165, 1.54) is 0 Å². The number of carbonyl (C=O) groups is 3. The molecule has 0 aliphatic heterocycles. The zero-order valence-electron chi connectivity index (χ0n) is 21.0. The van der Waals surface area contributed by atoms with Gasteiger partial charge in [-0.25, -0.2) is 9.59 Å². The number of hydrogen-bond acceptors (Lipinski definition) is 6. The molecule has 0 heterocycles. The van der Waals surface area contributed by atoms with Crippen LogP contribution in [0.5, 0.6) is 0 Å². The van der Waals surface area contributed by atoms with Crippen molar-refractivity contribution in [2.75, 3.05) is 17.2 Å². The van der Waals surface area contributed by atoms with Gasteiger partial charge in [0.2, 0.25) is 5.91 Å². The molecule has 0 unspecified atom stereocenters. The van der Waals surface area contributed by atoms with Crippen LogP contribution in [0, 0.1) is 0 Å². The molecule has 0 spiro atoms. The molecule has 0 fully saturated rings. The van der Waals surface area contributed by atoms with Gasteiger partial charge in [0.1, 0.15) is 18.2 Å². The number of alkyl carbamates (subject to hydrolysis) is 1. The molecule has 8 nitrogen and oxygen atoms in total. The van der Waals surface area contributed by atoms with Crippen LogP contribution in [0.1, 0.15) is 52.5 Å². The molecule has 2 aromatic rings. The molecule has 2 rings (SSSR count). The van der Waals surface area contributed by atoms with E-state index in [0.717, 1.165) is 12.0 Å². The molecule has 0 bridgehead atoms. The zero-order valence-corrected chi connectivity index (χ0v) is 22.5. The third-order valence-corrected chi connectivity index (χ3v) is 5.48. The number of amides is 2. The van der Waals surface area contributed by atoms with Crippen molar-refractivity contribution in [1.82, 2.24) is 5.32 Å². The second-order valence-corrected chi connectivity index (χ2v) is 9.93. The normalized spacial score (nSPS) is 11.8. The summed E-state index contributed by atoms with van der Waals surface area (Å²) in [6.07, 6.45) is 0.0168. The minimum atomic E-state index is -1.08. The summed E-state index contributed by atoms with van der Waals surface area (Å²) in [6, 6.07) is 11.3. The molecule has 1 atom stereocenters. The summed E-state index contributed by atoms with van der Waals surface area (Å²) in [5.41, 5.74) is 1.14. The lowest BCUT2D eigenvalue weighted by atomic mass is 10.1. The predicted molar refractivity (Wildman–Crippen MR) is 143 cm³/mol. The molecule has 0 radical (unpaired) electrons. The van der Waals surface area contributed by atoms with Crippen molar-refractivity contribution in [3.8, 4) is 0 Å². The Bertz CT molecular complexity index is 1040. The molecule has 2 aromatic carbocycles. The summed E-state index contributed by atoms with van der Waals surface area (Å²) >= 11 is 12.3. The van der Waals surface area contributed by atoms with Gasteiger partial charge in [0.25, 0.3) is 0 Å². The number of halogens is 2. The van der Waals surface area contributed by atoms with Crippen molar-refractivity contribution >= 4 is 52.5 Å². The summed E-state index contributed by atoms with van der Waals surface area (Å²) in [6.45, 7) is 7.86. The molecule has 2 amide bonds. The Morgan fingerprint density at radius 1 is 1.00 bits per heavy atom. The lowest BCUT2D eigenvalue weighted by molar-refractivity contribution is -0.147. The number of carbonyl (C=O) groups excluding carboxylic acids is 3. The highest BCUT2D eigenvalue weighted by Crippen LogP contribution is 2.33. The summed E-state index contributed by atoms with van der Waals surface area (Å²) in [7, 11) is 0. The largest absolute Gasteiger partial charge is 0.459 e. The lowest BCUT2D eigenvalue weighted by Gasteiger charge is -2.23. The molecule has 0 saturated heterocycles. The third kappa shape index (κ3) is 10.3. The average molecular weight is 538 g/mol. The minimum absolute atomic E-state index is 0.00224. The SMILES string of the molecule is CCCNc1cc(Cl)c(Cl)cc1NC(=O)CC[C@H](NC(=O)OC(C)(C)C)C(=O)OCc1ccccc1. The van der Waals surface area contributed by atoms with E-state index in [4.69, 9.17) is 32.7 Å². The molecular formula is C26H33Cl2N3O5. The van der Waals surface area contributed by atoms with Crippen molar-refractivity contribution in [3.05, 3.63) is 58.1 Å². The van der Waals surface area contributed by atoms with Crippen LogP contribution in [-0.2, 0) is 25.7 Å². The van der Waals surface area contributed by atoms with E-state index < -0.39 is 23.7 Å². The van der Waals surface area contributed by atoms with E-state index in [1.54, 1.807) is 32.9 Å². The van der Waals surface area contributed by atoms with Crippen LogP contribution in [0.3, 0.4) is 0 Å². The lowest BCUT2D eigenvalue weighted by Crippen LogP contribution is -2.44. The first kappa shape index (κ1) is 29.3. The van der Waals surface area contributed by atoms with Gasteiger partial charge < -0.3 is 25.4 Å². The standard InChI is InChI=1S/C26H33Cl2N3O5/c1-5-13-29-21-14-18(27)19(28)15-22(21)30-23(32)12-11-20(31-25(34)36-26(2,3)4)24(33)35-16-17-9-7-6-8-10-17/h6-10,14-15,20,29H,5,11-13,16H2,1-4H3,(H,30,32)(H,31,34)/t20-/m0/s1. The molecule has 36 heavy (non-hydrogen) atoms. The first-order chi connectivity index (χ1) is 17.0. The maximum atomic E-state index is 12.8. The van der Waals surface area contributed by atoms with Crippen molar-refractivity contribution in [3.63, 3.8) is 0 Å². The highest BCUT2D eigenvalue weighted by atomic mass is 35.5. The third-order valence-electron chi connectivity index (χ3n) is 4.76. The fourth-order valence-corrected chi connectivity index (χ4v) is 3.40. The van der Waals surface area contributed by atoms with E-state index in [1.807, 2.05) is 37.3 Å². The first-order valence-electron chi connectivity index (χ1n) is 11.7. The van der Waals surface area contributed by atoms with E-state index >= 15 is 0 Å². The molecule has 0 aliphatic rings. The minimum Gasteiger partial charge on any atom is -0.459 e. The van der Waals surface area contributed by atoms with Crippen LogP contribution in [-0.4, -0.2) is 36.2 Å². The molecule has 3 N–H and O–H groups in total. The number of anilines is 2. The van der Waals surface area contributed by atoms with E-state index in [-0.39, 0.29) is 25.4 Å². The highest BCUT2D eigenvalue weighted by Gasteiger charge is 2.26. The van der Waals surface area contributed by atoms with Gasteiger partial charge in [-0.05, 0) is 51.3 Å². The van der Waals surface area contributed by atoms with Gasteiger partial charge in [-0.3, -0.25) is 4.79 Å². The van der Waals surface area contributed by atoms with Gasteiger partial charge in [0.05, 0.1) is 21.4 Å². The van der Waals surface area contributed by atoms with E-state index in [9.17, 15) is 14.4 Å². The van der Waals surface area contributed by atoms with Crippen molar-refractivity contribution in [2.45, 2.75) is 65.2 Å². The Kier molecular flexibility index (Phi) is 11.3. The first-order valence-corrected chi connectivity index (χ1v) is 12.5. The molecule has 196 valence electrons. The van der Waals surface area contributed by atoms with Crippen molar-refractivity contribution in [1.29, 1.82) is 0 Å². The van der Waals surface area contributed by atoms with Crippen LogP contribution < -0.4 is 16.0 Å². The van der Waals surface area contributed by atoms with Gasteiger partial charge >= 0.3 is 12.1 Å². The quantitative estimate of drug-likeness (QED) is 0.296. The Labute approximate surface area is 222 Å². The van der Waals surface area contributed by atoms with E-state index in [2.05, 4.69) is 16.0 Å². The van der Waals surface area contributed by atoms with Crippen LogP contribution in [0.4, 0.5) is 16.2 Å². The van der Waals surface area contributed by atoms with Gasteiger partial charge in [0, 0.05) is 13.0 Å². The topological polar surface area (TPSA) is 106 Å². The van der Waals surface area contributed by atoms with Crippen LogP contribution >= 0.6 is 23.2 Å². The van der Waals surface area contributed by atoms with Crippen LogP contribution in [0.25, 0.3) is 0 Å². The smallest absolute Gasteiger partial charge is 0.408 e. The summed E-state index contributed by atoms with van der Waals surface area (Å²) in [5, 5.41) is 9.15. The van der Waals surface area contributed by atoms with Crippen LogP contribution in [0.2, 0.25) is 10.0 Å². The Balaban J connectivity index is 2.07. The number of esters is 1. The van der Waals surface area contributed by atoms with Crippen molar-refractivity contribution < 1.29 is 23.9 Å². The molecular weight excluding hydrogens is 505 g/mol. The second-order valence-electron chi connectivity index (χ2n) is 9.12. The maximum Gasteiger partial charge on any atom is 0.408 e. The molecule has 10 heteroatoms. The molecule has 0 saturated carbocycles. The summed E-state index contributed by atoms with van der Waals surface area (Å²) in [5.74, 6) is -1.04. The van der Waals surface area contributed by atoms with Gasteiger partial charge in [-0.2, -0.15) is 0 Å². The van der Waals surface area contributed by atoms with Crippen molar-refractivity contribution in [2.24, 2.45) is 0 Å². The second kappa shape index (κ2) is 13.9. The number of benzene rings is 2. The van der Waals surface area contributed by atoms with E-state index in [0.29, 0.717) is 28.0 Å². The monoisotopic (exact) mass is 537 g/mol. The Morgan fingerprint density at radius 2 is 1.64 bits per heavy atom. The number of nitrogens with one attached hydrogen (secondary N) is 3. The number of ether oxygens (including phenoxy) is 2. The predicted octanol–water partition coefficient (Wildman–Crippen LogP) is 6.17. The maximum absolute atomic E-state index is 12.8. The summed E-state index contributed by atoms with van der Waals surface area (Å²) < 4.78 is 10.6. The summed E-state index contributed by atoms with van der Waals surface area (Å²) in [4.78, 5) is 37.8. The Hall–Kier alpha value is -2.97. The average Bonchev–Trinajstić information content (AvgIpc) is 2.81. The molecule has 0 aliphatic carbocycles. The highest BCUT2D eigenvalue weighted by molar-refractivity contribution is 6.42. The van der Waals surface area contributed by atoms with Crippen LogP contribution in [0.15, 0.2) is 42.5 Å². The fourth-order valence-electron chi connectivity index (χ4n) is 3.07. The van der Waals surface area contributed by atoms with Gasteiger partial charge in [0.15, 0.2) is 0 Å². The van der Waals surface area contributed by atoms with Gasteiger partial charge in [-0.1, -0.05) is 60.5 Å². The van der Waals surface area contributed by atoms with Gasteiger partial charge in [-0.15, -0.1) is 0 Å². The zero-order chi connectivity index (χ0) is 26.7. The molecule has 0 aromatic heterocycles. The Morgan fingerprint density at radius 3 is 2.25 bits per heavy atom.